The smallest absolute Gasteiger partial charge is 0.294 e. The number of rotatable bonds is 4. The number of nitrogens with one attached hydrogen (secondary N) is 1. The summed E-state index contributed by atoms with van der Waals surface area (Å²) >= 11 is 0. The second-order valence-electron chi connectivity index (χ2n) is 5.77. The molecule has 3 heterocycles. The summed E-state index contributed by atoms with van der Waals surface area (Å²) in [5.74, 6) is 0.931. The van der Waals surface area contributed by atoms with Crippen LogP contribution in [0.15, 0.2) is 28.9 Å². The molecule has 0 radical (unpaired) electrons. The fourth-order valence-electron chi connectivity index (χ4n) is 2.73. The number of hydrogen-bond acceptors (Lipinski definition) is 6. The number of anilines is 2. The first-order chi connectivity index (χ1) is 11.2. The molecule has 1 aliphatic rings. The minimum absolute atomic E-state index is 0.177. The van der Waals surface area contributed by atoms with Crippen LogP contribution in [0, 0.1) is 12.8 Å². The fourth-order valence-corrected chi connectivity index (χ4v) is 2.73. The molecule has 1 aliphatic heterocycles. The number of aryl methyl sites for hydroxylation is 1. The lowest BCUT2D eigenvalue weighted by Crippen LogP contribution is -2.35. The van der Waals surface area contributed by atoms with E-state index in [1.807, 2.05) is 6.07 Å². The number of carbonyl (C=O) groups excluding carboxylic acids is 1. The number of hydrogen-bond donors (Lipinski definition) is 2. The number of aromatic nitrogens is 2. The third-order valence-corrected chi connectivity index (χ3v) is 4.06. The molecule has 0 atom stereocenters. The van der Waals surface area contributed by atoms with Gasteiger partial charge in [-0.3, -0.25) is 4.79 Å². The van der Waals surface area contributed by atoms with Crippen molar-refractivity contribution < 1.29 is 14.4 Å². The summed E-state index contributed by atoms with van der Waals surface area (Å²) in [6.07, 6.45) is 3.55. The Balaban J connectivity index is 1.74. The Morgan fingerprint density at radius 2 is 2.26 bits per heavy atom. The van der Waals surface area contributed by atoms with Crippen molar-refractivity contribution in [2.24, 2.45) is 5.92 Å². The summed E-state index contributed by atoms with van der Waals surface area (Å²) in [5.41, 5.74) is 1.31. The van der Waals surface area contributed by atoms with Gasteiger partial charge in [0.25, 0.3) is 5.91 Å². The fraction of sp³-hybridized carbons (Fsp3) is 0.438. The van der Waals surface area contributed by atoms with Gasteiger partial charge in [0, 0.05) is 32.0 Å². The molecule has 0 unspecified atom stereocenters. The van der Waals surface area contributed by atoms with Crippen LogP contribution in [-0.4, -0.2) is 40.9 Å². The zero-order chi connectivity index (χ0) is 16.2. The number of nitrogens with zero attached hydrogens (tertiary/aromatic N) is 3. The molecular formula is C16H20N4O3. The first-order valence-electron chi connectivity index (χ1n) is 7.73. The van der Waals surface area contributed by atoms with Crippen molar-refractivity contribution in [2.75, 3.05) is 29.9 Å². The molecule has 7 heteroatoms. The van der Waals surface area contributed by atoms with E-state index < -0.39 is 0 Å². The Morgan fingerprint density at radius 1 is 1.48 bits per heavy atom. The molecule has 3 rings (SSSR count). The molecule has 0 aliphatic carbocycles. The Kier molecular flexibility index (Phi) is 4.57. The van der Waals surface area contributed by atoms with E-state index in [1.165, 1.54) is 0 Å². The normalized spacial score (nSPS) is 15.7. The van der Waals surface area contributed by atoms with Gasteiger partial charge in [-0.1, -0.05) is 5.16 Å². The zero-order valence-corrected chi connectivity index (χ0v) is 13.0. The highest BCUT2D eigenvalue weighted by Gasteiger charge is 2.22. The molecule has 0 spiro atoms. The highest BCUT2D eigenvalue weighted by molar-refractivity contribution is 6.03. The van der Waals surface area contributed by atoms with Crippen LogP contribution in [0.25, 0.3) is 0 Å². The monoisotopic (exact) mass is 316 g/mol. The quantitative estimate of drug-likeness (QED) is 0.894. The van der Waals surface area contributed by atoms with E-state index >= 15 is 0 Å². The molecule has 0 saturated carbocycles. The van der Waals surface area contributed by atoms with E-state index in [0.29, 0.717) is 17.3 Å². The lowest BCUT2D eigenvalue weighted by molar-refractivity contribution is 0.0988. The van der Waals surface area contributed by atoms with E-state index in [4.69, 9.17) is 4.52 Å². The second-order valence-corrected chi connectivity index (χ2v) is 5.77. The number of aliphatic hydroxyl groups is 1. The van der Waals surface area contributed by atoms with Gasteiger partial charge < -0.3 is 19.8 Å². The van der Waals surface area contributed by atoms with Crippen molar-refractivity contribution in [3.8, 4) is 0 Å². The summed E-state index contributed by atoms with van der Waals surface area (Å²) in [5, 5.41) is 15.8. The van der Waals surface area contributed by atoms with E-state index in [9.17, 15) is 9.90 Å². The van der Waals surface area contributed by atoms with E-state index in [0.717, 1.165) is 31.7 Å². The molecule has 23 heavy (non-hydrogen) atoms. The average Bonchev–Trinajstić information content (AvgIpc) is 3.02. The molecule has 7 nitrogen and oxygen atoms in total. The van der Waals surface area contributed by atoms with Gasteiger partial charge in [-0.15, -0.1) is 0 Å². The van der Waals surface area contributed by atoms with Crippen LogP contribution in [-0.2, 0) is 0 Å². The van der Waals surface area contributed by atoms with Gasteiger partial charge in [0.1, 0.15) is 0 Å². The number of piperidine rings is 1. The predicted molar refractivity (Wildman–Crippen MR) is 85.5 cm³/mol. The van der Waals surface area contributed by atoms with Crippen molar-refractivity contribution in [2.45, 2.75) is 19.8 Å². The van der Waals surface area contributed by atoms with Gasteiger partial charge in [-0.05, 0) is 37.8 Å². The standard InChI is InChI=1S/C16H20N4O3/c1-11-9-14(23-19-11)16(22)18-13-3-2-6-17-15(13)20-7-4-12(10-21)5-8-20/h2-3,6,9,12,21H,4-5,7-8,10H2,1H3,(H,18,22). The van der Waals surface area contributed by atoms with Gasteiger partial charge in [0.05, 0.1) is 11.4 Å². The van der Waals surface area contributed by atoms with Gasteiger partial charge in [0.15, 0.2) is 5.82 Å². The third kappa shape index (κ3) is 3.50. The van der Waals surface area contributed by atoms with Gasteiger partial charge in [-0.2, -0.15) is 0 Å². The van der Waals surface area contributed by atoms with Crippen molar-refractivity contribution >= 4 is 17.4 Å². The van der Waals surface area contributed by atoms with Crippen LogP contribution >= 0.6 is 0 Å². The molecule has 2 aromatic rings. The maximum atomic E-state index is 12.2. The lowest BCUT2D eigenvalue weighted by Gasteiger charge is -2.32. The van der Waals surface area contributed by atoms with Gasteiger partial charge >= 0.3 is 0 Å². The summed E-state index contributed by atoms with van der Waals surface area (Å²) in [6, 6.07) is 5.20. The highest BCUT2D eigenvalue weighted by atomic mass is 16.5. The van der Waals surface area contributed by atoms with Crippen molar-refractivity contribution in [3.63, 3.8) is 0 Å². The molecule has 0 aromatic carbocycles. The molecule has 2 N–H and O–H groups in total. The number of carbonyl (C=O) groups is 1. The molecule has 0 bridgehead atoms. The maximum Gasteiger partial charge on any atom is 0.294 e. The van der Waals surface area contributed by atoms with Crippen LogP contribution in [0.2, 0.25) is 0 Å². The maximum absolute atomic E-state index is 12.2. The van der Waals surface area contributed by atoms with Crippen LogP contribution in [0.5, 0.6) is 0 Å². The lowest BCUT2D eigenvalue weighted by atomic mass is 9.98. The van der Waals surface area contributed by atoms with Crippen LogP contribution in [0.1, 0.15) is 29.1 Å². The van der Waals surface area contributed by atoms with Crippen molar-refractivity contribution in [3.05, 3.63) is 35.9 Å². The van der Waals surface area contributed by atoms with Crippen molar-refractivity contribution in [1.82, 2.24) is 10.1 Å². The summed E-state index contributed by atoms with van der Waals surface area (Å²) in [7, 11) is 0. The van der Waals surface area contributed by atoms with Crippen LogP contribution in [0.4, 0.5) is 11.5 Å². The van der Waals surface area contributed by atoms with Crippen molar-refractivity contribution in [1.29, 1.82) is 0 Å². The van der Waals surface area contributed by atoms with Crippen LogP contribution < -0.4 is 10.2 Å². The molecule has 1 fully saturated rings. The SMILES string of the molecule is Cc1cc(C(=O)Nc2cccnc2N2CCC(CO)CC2)on1. The first kappa shape index (κ1) is 15.5. The minimum atomic E-state index is -0.343. The molecule has 2 aromatic heterocycles. The molecular weight excluding hydrogens is 296 g/mol. The van der Waals surface area contributed by atoms with E-state index in [1.54, 1.807) is 25.3 Å². The predicted octanol–water partition coefficient (Wildman–Crippen LogP) is 1.84. The summed E-state index contributed by atoms with van der Waals surface area (Å²) in [6.45, 7) is 3.62. The highest BCUT2D eigenvalue weighted by Crippen LogP contribution is 2.27. The number of aliphatic hydroxyl groups excluding tert-OH is 1. The summed E-state index contributed by atoms with van der Waals surface area (Å²) in [4.78, 5) is 18.8. The molecule has 122 valence electrons. The summed E-state index contributed by atoms with van der Waals surface area (Å²) < 4.78 is 4.99. The Morgan fingerprint density at radius 3 is 2.91 bits per heavy atom. The Hall–Kier alpha value is -2.41. The Labute approximate surface area is 134 Å². The third-order valence-electron chi connectivity index (χ3n) is 4.06. The molecule has 1 saturated heterocycles. The second kappa shape index (κ2) is 6.78. The number of pyridine rings is 1. The average molecular weight is 316 g/mol. The van der Waals surface area contributed by atoms with E-state index in [2.05, 4.69) is 20.4 Å². The van der Waals surface area contributed by atoms with Gasteiger partial charge in [0.2, 0.25) is 5.76 Å². The topological polar surface area (TPSA) is 91.5 Å². The van der Waals surface area contributed by atoms with Gasteiger partial charge in [-0.25, -0.2) is 4.98 Å². The Bertz CT molecular complexity index is 677. The largest absolute Gasteiger partial charge is 0.396 e. The number of amides is 1. The molecule has 1 amide bonds. The van der Waals surface area contributed by atoms with Crippen LogP contribution in [0.3, 0.4) is 0 Å². The zero-order valence-electron chi connectivity index (χ0n) is 13.0. The van der Waals surface area contributed by atoms with E-state index in [-0.39, 0.29) is 18.3 Å². The first-order valence-corrected chi connectivity index (χ1v) is 7.73. The minimum Gasteiger partial charge on any atom is -0.396 e.